The van der Waals surface area contributed by atoms with Crippen LogP contribution in [0.1, 0.15) is 11.1 Å². The van der Waals surface area contributed by atoms with Crippen LogP contribution >= 0.6 is 34.9 Å². The summed E-state index contributed by atoms with van der Waals surface area (Å²) in [5.74, 6) is 1.08. The molecule has 0 aliphatic carbocycles. The number of hydrogen-bond acceptors (Lipinski definition) is 9. The molecule has 0 saturated heterocycles. The lowest BCUT2D eigenvalue weighted by molar-refractivity contribution is -0.118. The lowest BCUT2D eigenvalue weighted by Gasteiger charge is -2.13. The van der Waals surface area contributed by atoms with Gasteiger partial charge in [0.2, 0.25) is 11.8 Å². The van der Waals surface area contributed by atoms with Gasteiger partial charge in [-0.15, -0.1) is 10.2 Å². The van der Waals surface area contributed by atoms with E-state index in [0.717, 1.165) is 11.1 Å². The number of amides is 2. The normalized spacial score (nSPS) is 10.5. The van der Waals surface area contributed by atoms with Crippen molar-refractivity contribution in [1.82, 2.24) is 15.5 Å². The number of carbonyl (C=O) groups is 2. The van der Waals surface area contributed by atoms with E-state index in [4.69, 9.17) is 15.2 Å². The minimum Gasteiger partial charge on any atom is -0.493 e. The summed E-state index contributed by atoms with van der Waals surface area (Å²) in [7, 11) is 1.59. The molecule has 3 N–H and O–H groups in total. The van der Waals surface area contributed by atoms with Gasteiger partial charge in [0.1, 0.15) is 6.61 Å². The Balaban J connectivity index is 1.45. The van der Waals surface area contributed by atoms with Gasteiger partial charge in [0.05, 0.1) is 18.6 Å². The number of nitrogens with one attached hydrogen (secondary N) is 1. The van der Waals surface area contributed by atoms with Crippen LogP contribution in [-0.2, 0) is 22.7 Å². The SMILES string of the molecule is COc1cc(CNC(=O)CSc2nnc(SCC(N)=O)s2)ccc1OCc1ccccc1. The van der Waals surface area contributed by atoms with Gasteiger partial charge in [0.15, 0.2) is 20.2 Å². The summed E-state index contributed by atoms with van der Waals surface area (Å²) in [6.45, 7) is 0.809. The van der Waals surface area contributed by atoms with E-state index >= 15 is 0 Å². The van der Waals surface area contributed by atoms with Crippen molar-refractivity contribution in [3.8, 4) is 11.5 Å². The van der Waals surface area contributed by atoms with Crippen molar-refractivity contribution < 1.29 is 19.1 Å². The van der Waals surface area contributed by atoms with Crippen LogP contribution in [0.25, 0.3) is 0 Å². The maximum absolute atomic E-state index is 12.2. The molecule has 0 saturated carbocycles. The molecular formula is C21H22N4O4S3. The third kappa shape index (κ3) is 7.74. The zero-order chi connectivity index (χ0) is 22.8. The Kier molecular flexibility index (Phi) is 9.20. The second kappa shape index (κ2) is 12.3. The summed E-state index contributed by atoms with van der Waals surface area (Å²) in [6.07, 6.45) is 0. The summed E-state index contributed by atoms with van der Waals surface area (Å²) >= 11 is 3.85. The monoisotopic (exact) mass is 490 g/mol. The summed E-state index contributed by atoms with van der Waals surface area (Å²) in [5.41, 5.74) is 7.08. The molecule has 0 unspecified atom stereocenters. The Morgan fingerprint density at radius 3 is 2.41 bits per heavy atom. The second-order valence-corrected chi connectivity index (χ2v) is 9.84. The quantitative estimate of drug-likeness (QED) is 0.372. The first-order valence-electron chi connectivity index (χ1n) is 9.51. The van der Waals surface area contributed by atoms with E-state index in [1.54, 1.807) is 7.11 Å². The van der Waals surface area contributed by atoms with Crippen LogP contribution in [0.2, 0.25) is 0 Å². The smallest absolute Gasteiger partial charge is 0.230 e. The molecule has 3 aromatic rings. The predicted octanol–water partition coefficient (Wildman–Crippen LogP) is 3.11. The van der Waals surface area contributed by atoms with Crippen LogP contribution in [0.15, 0.2) is 57.2 Å². The number of methoxy groups -OCH3 is 1. The fraction of sp³-hybridized carbons (Fsp3) is 0.238. The van der Waals surface area contributed by atoms with Crippen LogP contribution < -0.4 is 20.5 Å². The summed E-state index contributed by atoms with van der Waals surface area (Å²) < 4.78 is 12.6. The van der Waals surface area contributed by atoms with Crippen molar-refractivity contribution in [2.45, 2.75) is 21.8 Å². The van der Waals surface area contributed by atoms with Gasteiger partial charge in [-0.25, -0.2) is 0 Å². The van der Waals surface area contributed by atoms with E-state index in [-0.39, 0.29) is 17.4 Å². The van der Waals surface area contributed by atoms with Gasteiger partial charge in [-0.3, -0.25) is 9.59 Å². The molecule has 8 nitrogen and oxygen atoms in total. The maximum atomic E-state index is 12.2. The first-order valence-corrected chi connectivity index (χ1v) is 12.3. The summed E-state index contributed by atoms with van der Waals surface area (Å²) in [6, 6.07) is 15.5. The number of thioether (sulfide) groups is 2. The fourth-order valence-electron chi connectivity index (χ4n) is 2.50. The van der Waals surface area contributed by atoms with Crippen LogP contribution in [0.3, 0.4) is 0 Å². The van der Waals surface area contributed by atoms with Crippen molar-refractivity contribution in [1.29, 1.82) is 0 Å². The Labute approximate surface area is 198 Å². The number of benzene rings is 2. The zero-order valence-corrected chi connectivity index (χ0v) is 19.7. The van der Waals surface area contributed by atoms with Gasteiger partial charge in [-0.05, 0) is 23.3 Å². The number of hydrogen-bond donors (Lipinski definition) is 2. The average Bonchev–Trinajstić information content (AvgIpc) is 3.27. The number of primary amides is 1. The largest absolute Gasteiger partial charge is 0.493 e. The molecule has 0 fully saturated rings. The molecule has 0 aliphatic heterocycles. The third-order valence-electron chi connectivity index (χ3n) is 4.01. The van der Waals surface area contributed by atoms with Gasteiger partial charge in [-0.1, -0.05) is 71.3 Å². The molecule has 2 aromatic carbocycles. The predicted molar refractivity (Wildman–Crippen MR) is 126 cm³/mol. The zero-order valence-electron chi connectivity index (χ0n) is 17.3. The summed E-state index contributed by atoms with van der Waals surface area (Å²) in [4.78, 5) is 23.0. The highest BCUT2D eigenvalue weighted by Gasteiger charge is 2.11. The topological polar surface area (TPSA) is 116 Å². The lowest BCUT2D eigenvalue weighted by Crippen LogP contribution is -2.24. The molecule has 1 heterocycles. The van der Waals surface area contributed by atoms with Gasteiger partial charge < -0.3 is 20.5 Å². The van der Waals surface area contributed by atoms with Gasteiger partial charge in [0.25, 0.3) is 0 Å². The lowest BCUT2D eigenvalue weighted by atomic mass is 10.2. The van der Waals surface area contributed by atoms with Crippen molar-refractivity contribution in [2.24, 2.45) is 5.73 Å². The Bertz CT molecular complexity index is 1050. The molecule has 168 valence electrons. The van der Waals surface area contributed by atoms with Crippen molar-refractivity contribution in [3.05, 3.63) is 59.7 Å². The van der Waals surface area contributed by atoms with Crippen LogP contribution in [0.5, 0.6) is 11.5 Å². The molecule has 2 amide bonds. The Morgan fingerprint density at radius 2 is 1.72 bits per heavy atom. The van der Waals surface area contributed by atoms with Crippen LogP contribution in [-0.4, -0.2) is 40.6 Å². The fourth-order valence-corrected chi connectivity index (χ4v) is 5.09. The van der Waals surface area contributed by atoms with Crippen molar-refractivity contribution >= 4 is 46.7 Å². The highest BCUT2D eigenvalue weighted by atomic mass is 32.2. The average molecular weight is 491 g/mol. The number of nitrogens with two attached hydrogens (primary N) is 1. The van der Waals surface area contributed by atoms with E-state index in [1.165, 1.54) is 34.9 Å². The molecule has 1 aromatic heterocycles. The van der Waals surface area contributed by atoms with Crippen molar-refractivity contribution in [2.75, 3.05) is 18.6 Å². The molecule has 0 aliphatic rings. The Morgan fingerprint density at radius 1 is 1.00 bits per heavy atom. The van der Waals surface area contributed by atoms with Gasteiger partial charge in [0, 0.05) is 6.54 Å². The van der Waals surface area contributed by atoms with Gasteiger partial charge in [-0.2, -0.15) is 0 Å². The molecule has 3 rings (SSSR count). The highest BCUT2D eigenvalue weighted by Crippen LogP contribution is 2.30. The van der Waals surface area contributed by atoms with E-state index in [2.05, 4.69) is 15.5 Å². The number of nitrogens with zero attached hydrogens (tertiary/aromatic N) is 2. The molecule has 32 heavy (non-hydrogen) atoms. The molecular weight excluding hydrogens is 468 g/mol. The number of carbonyl (C=O) groups excluding carboxylic acids is 2. The Hall–Kier alpha value is -2.76. The standard InChI is InChI=1S/C21H22N4O4S3/c1-28-17-9-15(7-8-16(17)29-11-14-5-3-2-4-6-14)10-23-19(27)13-31-21-25-24-20(32-21)30-12-18(22)26/h2-9H,10-13H2,1H3,(H2,22,26)(H,23,27). The van der Waals surface area contributed by atoms with E-state index in [9.17, 15) is 9.59 Å². The highest BCUT2D eigenvalue weighted by molar-refractivity contribution is 8.03. The first kappa shape index (κ1) is 23.9. The molecule has 0 radical (unpaired) electrons. The van der Waals surface area contributed by atoms with E-state index in [0.29, 0.717) is 33.3 Å². The van der Waals surface area contributed by atoms with E-state index in [1.807, 2.05) is 48.5 Å². The molecule has 0 spiro atoms. The maximum Gasteiger partial charge on any atom is 0.230 e. The number of aromatic nitrogens is 2. The second-order valence-electron chi connectivity index (χ2n) is 6.41. The first-order chi connectivity index (χ1) is 15.5. The summed E-state index contributed by atoms with van der Waals surface area (Å²) in [5, 5.41) is 10.8. The minimum atomic E-state index is -0.411. The van der Waals surface area contributed by atoms with Crippen LogP contribution in [0.4, 0.5) is 0 Å². The van der Waals surface area contributed by atoms with Crippen LogP contribution in [0, 0.1) is 0 Å². The number of ether oxygens (including phenoxy) is 2. The van der Waals surface area contributed by atoms with Gasteiger partial charge >= 0.3 is 0 Å². The third-order valence-corrected chi connectivity index (χ3v) is 7.22. The number of rotatable bonds is 12. The minimum absolute atomic E-state index is 0.125. The molecule has 0 atom stereocenters. The van der Waals surface area contributed by atoms with Crippen molar-refractivity contribution in [3.63, 3.8) is 0 Å². The molecule has 11 heteroatoms. The molecule has 0 bridgehead atoms. The van der Waals surface area contributed by atoms with E-state index < -0.39 is 5.91 Å².